The highest BCUT2D eigenvalue weighted by Gasteiger charge is 2.26. The van der Waals surface area contributed by atoms with Crippen LogP contribution in [0.3, 0.4) is 0 Å². The average Bonchev–Trinajstić information content (AvgIpc) is 3.20. The van der Waals surface area contributed by atoms with Crippen molar-refractivity contribution in [1.82, 2.24) is 0 Å². The first-order valence-corrected chi connectivity index (χ1v) is 9.86. The van der Waals surface area contributed by atoms with E-state index in [4.69, 9.17) is 10.00 Å². The summed E-state index contributed by atoms with van der Waals surface area (Å²) in [5, 5.41) is 8.90. The van der Waals surface area contributed by atoms with Gasteiger partial charge in [-0.1, -0.05) is 18.2 Å². The van der Waals surface area contributed by atoms with Crippen LogP contribution in [0.25, 0.3) is 0 Å². The van der Waals surface area contributed by atoms with E-state index in [0.717, 1.165) is 12.1 Å². The monoisotopic (exact) mass is 405 g/mol. The van der Waals surface area contributed by atoms with Crippen molar-refractivity contribution in [2.45, 2.75) is 32.3 Å². The van der Waals surface area contributed by atoms with E-state index in [1.165, 1.54) is 11.8 Å². The maximum Gasteiger partial charge on any atom is 0.338 e. The predicted molar refractivity (Wildman–Crippen MR) is 112 cm³/mol. The van der Waals surface area contributed by atoms with Gasteiger partial charge in [-0.3, -0.25) is 9.59 Å². The van der Waals surface area contributed by atoms with Gasteiger partial charge in [0.05, 0.1) is 18.1 Å². The summed E-state index contributed by atoms with van der Waals surface area (Å²) in [4.78, 5) is 40.4. The van der Waals surface area contributed by atoms with Crippen LogP contribution in [0.5, 0.6) is 0 Å². The summed E-state index contributed by atoms with van der Waals surface area (Å²) in [6.07, 6.45) is 0.508. The minimum atomic E-state index is -1.02. The molecule has 1 saturated heterocycles. The first-order valence-electron chi connectivity index (χ1n) is 9.86. The fraction of sp³-hybridized carbons (Fsp3) is 0.304. The molecule has 0 N–H and O–H groups in total. The molecule has 30 heavy (non-hydrogen) atoms. The summed E-state index contributed by atoms with van der Waals surface area (Å²) in [5.41, 5.74) is 1.68. The van der Waals surface area contributed by atoms with Gasteiger partial charge in [-0.25, -0.2) is 4.79 Å². The Labute approximate surface area is 175 Å². The van der Waals surface area contributed by atoms with Crippen LogP contribution in [0.1, 0.15) is 36.5 Å². The molecule has 154 valence electrons. The molecule has 0 unspecified atom stereocenters. The zero-order valence-electron chi connectivity index (χ0n) is 16.8. The number of amides is 2. The molecule has 0 aliphatic carbocycles. The Hall–Kier alpha value is -3.66. The lowest BCUT2D eigenvalue weighted by molar-refractivity contribution is -0.126. The second kappa shape index (κ2) is 9.70. The number of esters is 1. The highest BCUT2D eigenvalue weighted by atomic mass is 16.5. The Balaban J connectivity index is 1.67. The summed E-state index contributed by atoms with van der Waals surface area (Å²) in [5.74, 6) is -0.949. The molecule has 1 aliphatic heterocycles. The van der Waals surface area contributed by atoms with Crippen molar-refractivity contribution in [3.63, 3.8) is 0 Å². The Morgan fingerprint density at radius 3 is 2.47 bits per heavy atom. The molecule has 1 aliphatic rings. The summed E-state index contributed by atoms with van der Waals surface area (Å²) in [7, 11) is 0. The van der Waals surface area contributed by atoms with Crippen molar-refractivity contribution in [3.05, 3.63) is 60.2 Å². The van der Waals surface area contributed by atoms with E-state index in [0.29, 0.717) is 24.2 Å². The number of hydrogen-bond donors (Lipinski definition) is 0. The number of nitriles is 1. The molecule has 0 spiro atoms. The van der Waals surface area contributed by atoms with Gasteiger partial charge in [-0.05, 0) is 49.7 Å². The maximum absolute atomic E-state index is 12.9. The second-order valence-electron chi connectivity index (χ2n) is 6.98. The lowest BCUT2D eigenvalue weighted by atomic mass is 10.2. The number of rotatable bonds is 7. The van der Waals surface area contributed by atoms with Crippen LogP contribution >= 0.6 is 0 Å². The van der Waals surface area contributed by atoms with Crippen LogP contribution in [0, 0.1) is 11.3 Å². The highest BCUT2D eigenvalue weighted by Crippen LogP contribution is 2.22. The molecular weight excluding hydrogens is 382 g/mol. The van der Waals surface area contributed by atoms with E-state index in [1.54, 1.807) is 53.4 Å². The Bertz CT molecular complexity index is 951. The van der Waals surface area contributed by atoms with Crippen LogP contribution in [0.4, 0.5) is 11.4 Å². The molecule has 0 bridgehead atoms. The topological polar surface area (TPSA) is 90.7 Å². The lowest BCUT2D eigenvalue weighted by Gasteiger charge is -2.25. The van der Waals surface area contributed by atoms with Crippen LogP contribution in [-0.2, 0) is 14.3 Å². The normalized spacial score (nSPS) is 14.1. The summed E-state index contributed by atoms with van der Waals surface area (Å²) in [6, 6.07) is 17.6. The number of anilines is 2. The third-order valence-corrected chi connectivity index (χ3v) is 4.90. The van der Waals surface area contributed by atoms with Gasteiger partial charge >= 0.3 is 5.97 Å². The summed E-state index contributed by atoms with van der Waals surface area (Å²) in [6.45, 7) is 2.39. The van der Waals surface area contributed by atoms with Gasteiger partial charge in [-0.2, -0.15) is 5.26 Å². The van der Waals surface area contributed by atoms with Crippen molar-refractivity contribution in [2.24, 2.45) is 0 Å². The largest absolute Gasteiger partial charge is 0.449 e. The molecule has 2 amide bonds. The fourth-order valence-corrected chi connectivity index (χ4v) is 3.33. The molecule has 0 saturated carbocycles. The number of para-hydroxylation sites is 1. The molecule has 2 aromatic carbocycles. The van der Waals surface area contributed by atoms with E-state index in [-0.39, 0.29) is 18.9 Å². The molecular formula is C23H23N3O4. The van der Waals surface area contributed by atoms with Crippen LogP contribution < -0.4 is 9.80 Å². The van der Waals surface area contributed by atoms with Gasteiger partial charge in [0.15, 0.2) is 6.10 Å². The van der Waals surface area contributed by atoms with Crippen molar-refractivity contribution in [2.75, 3.05) is 22.9 Å². The first kappa shape index (κ1) is 21.1. The highest BCUT2D eigenvalue weighted by molar-refractivity contribution is 5.99. The zero-order valence-corrected chi connectivity index (χ0v) is 16.8. The van der Waals surface area contributed by atoms with E-state index in [1.807, 2.05) is 12.1 Å². The Morgan fingerprint density at radius 2 is 1.87 bits per heavy atom. The molecule has 7 heteroatoms. The zero-order chi connectivity index (χ0) is 21.5. The molecule has 1 heterocycles. The van der Waals surface area contributed by atoms with Crippen LogP contribution in [0.2, 0.25) is 0 Å². The summed E-state index contributed by atoms with van der Waals surface area (Å²) >= 11 is 0. The van der Waals surface area contributed by atoms with Gasteiger partial charge in [0, 0.05) is 30.9 Å². The SMILES string of the molecule is C[C@H](OC(=O)c1ccc(N2CCCC2=O)cc1)C(=O)N(CCC#N)c1ccccc1. The van der Waals surface area contributed by atoms with Crippen molar-refractivity contribution in [3.8, 4) is 6.07 Å². The smallest absolute Gasteiger partial charge is 0.338 e. The molecule has 1 atom stereocenters. The molecule has 3 rings (SSSR count). The third kappa shape index (κ3) is 4.84. The number of carbonyl (C=O) groups is 3. The van der Waals surface area contributed by atoms with Crippen LogP contribution in [-0.4, -0.2) is 37.0 Å². The van der Waals surface area contributed by atoms with Gasteiger partial charge in [0.1, 0.15) is 0 Å². The summed E-state index contributed by atoms with van der Waals surface area (Å²) < 4.78 is 5.37. The number of nitrogens with zero attached hydrogens (tertiary/aromatic N) is 3. The van der Waals surface area contributed by atoms with Crippen molar-refractivity contribution >= 4 is 29.2 Å². The maximum atomic E-state index is 12.9. The molecule has 0 aromatic heterocycles. The predicted octanol–water partition coefficient (Wildman–Crippen LogP) is 3.31. The first-order chi connectivity index (χ1) is 14.5. The van der Waals surface area contributed by atoms with Gasteiger partial charge in [-0.15, -0.1) is 0 Å². The number of hydrogen-bond acceptors (Lipinski definition) is 5. The minimum Gasteiger partial charge on any atom is -0.449 e. The van der Waals surface area contributed by atoms with Crippen molar-refractivity contribution < 1.29 is 19.1 Å². The third-order valence-electron chi connectivity index (χ3n) is 4.90. The molecule has 7 nitrogen and oxygen atoms in total. The van der Waals surface area contributed by atoms with E-state index in [2.05, 4.69) is 0 Å². The number of benzene rings is 2. The Morgan fingerprint density at radius 1 is 1.17 bits per heavy atom. The second-order valence-corrected chi connectivity index (χ2v) is 6.98. The van der Waals surface area contributed by atoms with E-state index in [9.17, 15) is 14.4 Å². The van der Waals surface area contributed by atoms with Gasteiger partial charge in [0.25, 0.3) is 5.91 Å². The van der Waals surface area contributed by atoms with E-state index >= 15 is 0 Å². The van der Waals surface area contributed by atoms with Crippen molar-refractivity contribution in [1.29, 1.82) is 5.26 Å². The molecule has 1 fully saturated rings. The minimum absolute atomic E-state index is 0.0721. The average molecular weight is 405 g/mol. The van der Waals surface area contributed by atoms with Crippen LogP contribution in [0.15, 0.2) is 54.6 Å². The fourth-order valence-electron chi connectivity index (χ4n) is 3.33. The Kier molecular flexibility index (Phi) is 6.81. The molecule has 0 radical (unpaired) electrons. The molecule has 2 aromatic rings. The number of ether oxygens (including phenoxy) is 1. The van der Waals surface area contributed by atoms with Gasteiger partial charge in [0.2, 0.25) is 5.91 Å². The van der Waals surface area contributed by atoms with E-state index < -0.39 is 18.0 Å². The number of carbonyl (C=O) groups excluding carboxylic acids is 3. The standard InChI is InChI=1S/C23H23N3O4/c1-17(22(28)26(16-6-14-24)19-7-3-2-4-8-19)30-23(29)18-10-12-20(13-11-18)25-15-5-9-21(25)27/h2-4,7-8,10-13,17H,5-6,9,15-16H2,1H3/t17-/m0/s1. The quantitative estimate of drug-likeness (QED) is 0.659. The lowest BCUT2D eigenvalue weighted by Crippen LogP contribution is -2.40. The van der Waals surface area contributed by atoms with Gasteiger partial charge < -0.3 is 14.5 Å².